The van der Waals surface area contributed by atoms with E-state index in [9.17, 15) is 0 Å². The number of nitrogens with zero attached hydrogens (tertiary/aromatic N) is 1. The molecule has 3 nitrogen and oxygen atoms in total. The van der Waals surface area contributed by atoms with E-state index in [-0.39, 0.29) is 0 Å². The van der Waals surface area contributed by atoms with Crippen LogP contribution in [0.4, 0.5) is 11.4 Å². The number of rotatable bonds is 4. The Labute approximate surface area is 124 Å². The molecular formula is C18H19N3. The van der Waals surface area contributed by atoms with Crippen molar-refractivity contribution in [1.29, 1.82) is 0 Å². The van der Waals surface area contributed by atoms with Gasteiger partial charge in [-0.1, -0.05) is 24.3 Å². The summed E-state index contributed by atoms with van der Waals surface area (Å²) < 4.78 is 0. The molecule has 1 heterocycles. The van der Waals surface area contributed by atoms with Crippen LogP contribution in [0.15, 0.2) is 54.7 Å². The van der Waals surface area contributed by atoms with Gasteiger partial charge in [0.2, 0.25) is 0 Å². The van der Waals surface area contributed by atoms with E-state index < -0.39 is 0 Å². The van der Waals surface area contributed by atoms with Gasteiger partial charge in [-0.15, -0.1) is 0 Å². The van der Waals surface area contributed by atoms with Gasteiger partial charge in [0, 0.05) is 29.5 Å². The van der Waals surface area contributed by atoms with Gasteiger partial charge in [0.05, 0.1) is 5.52 Å². The summed E-state index contributed by atoms with van der Waals surface area (Å²) in [5.41, 5.74) is 11.3. The lowest BCUT2D eigenvalue weighted by atomic mass is 10.1. The van der Waals surface area contributed by atoms with Crippen molar-refractivity contribution in [2.75, 3.05) is 17.6 Å². The molecular weight excluding hydrogens is 258 g/mol. The Morgan fingerprint density at radius 2 is 1.95 bits per heavy atom. The normalized spacial score (nSPS) is 10.7. The molecule has 0 unspecified atom stereocenters. The molecule has 3 aromatic rings. The number of benzene rings is 2. The van der Waals surface area contributed by atoms with Crippen LogP contribution in [0.5, 0.6) is 0 Å². The Morgan fingerprint density at radius 3 is 2.81 bits per heavy atom. The first-order valence-corrected chi connectivity index (χ1v) is 7.16. The zero-order valence-corrected chi connectivity index (χ0v) is 12.1. The second-order valence-corrected chi connectivity index (χ2v) is 5.24. The highest BCUT2D eigenvalue weighted by atomic mass is 14.9. The number of nitrogens with one attached hydrogen (secondary N) is 1. The lowest BCUT2D eigenvalue weighted by Crippen LogP contribution is -2.06. The van der Waals surface area contributed by atoms with Crippen molar-refractivity contribution in [2.45, 2.75) is 13.3 Å². The first kappa shape index (κ1) is 13.4. The van der Waals surface area contributed by atoms with Gasteiger partial charge in [0.25, 0.3) is 0 Å². The molecule has 0 bridgehead atoms. The molecule has 0 aliphatic rings. The van der Waals surface area contributed by atoms with Crippen molar-refractivity contribution >= 4 is 22.3 Å². The van der Waals surface area contributed by atoms with Crippen molar-refractivity contribution in [3.8, 4) is 0 Å². The molecule has 0 amide bonds. The third-order valence-corrected chi connectivity index (χ3v) is 3.74. The fourth-order valence-corrected chi connectivity index (χ4v) is 2.54. The number of hydrogen-bond acceptors (Lipinski definition) is 3. The molecule has 1 aromatic heterocycles. The van der Waals surface area contributed by atoms with Crippen molar-refractivity contribution in [1.82, 2.24) is 4.98 Å². The summed E-state index contributed by atoms with van der Waals surface area (Å²) >= 11 is 0. The second kappa shape index (κ2) is 5.83. The Bertz CT molecular complexity index is 765. The number of aromatic nitrogens is 1. The molecule has 106 valence electrons. The Balaban J connectivity index is 1.75. The highest BCUT2D eigenvalue weighted by Gasteiger charge is 2.02. The number of fused-ring (bicyclic) bond motifs is 1. The van der Waals surface area contributed by atoms with E-state index in [1.165, 1.54) is 11.1 Å². The van der Waals surface area contributed by atoms with Gasteiger partial charge in [-0.2, -0.15) is 0 Å². The van der Waals surface area contributed by atoms with Crippen LogP contribution in [-0.4, -0.2) is 11.5 Å². The lowest BCUT2D eigenvalue weighted by molar-refractivity contribution is 1.01. The van der Waals surface area contributed by atoms with Crippen LogP contribution in [0.1, 0.15) is 11.1 Å². The second-order valence-electron chi connectivity index (χ2n) is 5.24. The molecule has 0 aliphatic heterocycles. The van der Waals surface area contributed by atoms with E-state index in [1.807, 2.05) is 30.5 Å². The van der Waals surface area contributed by atoms with Crippen molar-refractivity contribution in [3.05, 3.63) is 65.9 Å². The first-order valence-electron chi connectivity index (χ1n) is 7.16. The van der Waals surface area contributed by atoms with Crippen LogP contribution in [-0.2, 0) is 6.42 Å². The molecule has 3 rings (SSSR count). The van der Waals surface area contributed by atoms with E-state index in [0.29, 0.717) is 0 Å². The Hall–Kier alpha value is -2.55. The topological polar surface area (TPSA) is 50.9 Å². The summed E-state index contributed by atoms with van der Waals surface area (Å²) in [6.45, 7) is 3.05. The largest absolute Gasteiger partial charge is 0.399 e. The predicted molar refractivity (Wildman–Crippen MR) is 89.5 cm³/mol. The van der Waals surface area contributed by atoms with E-state index in [2.05, 4.69) is 41.5 Å². The third kappa shape index (κ3) is 2.97. The summed E-state index contributed by atoms with van der Waals surface area (Å²) in [5.74, 6) is 0. The van der Waals surface area contributed by atoms with Crippen LogP contribution >= 0.6 is 0 Å². The molecule has 0 fully saturated rings. The Morgan fingerprint density at radius 1 is 1.10 bits per heavy atom. The number of anilines is 2. The zero-order valence-electron chi connectivity index (χ0n) is 12.1. The monoisotopic (exact) mass is 277 g/mol. The van der Waals surface area contributed by atoms with Crippen LogP contribution in [0.2, 0.25) is 0 Å². The molecule has 0 saturated heterocycles. The third-order valence-electron chi connectivity index (χ3n) is 3.74. The highest BCUT2D eigenvalue weighted by molar-refractivity contribution is 5.92. The summed E-state index contributed by atoms with van der Waals surface area (Å²) in [4.78, 5) is 4.36. The van der Waals surface area contributed by atoms with E-state index in [4.69, 9.17) is 5.73 Å². The molecule has 21 heavy (non-hydrogen) atoms. The zero-order chi connectivity index (χ0) is 14.7. The number of nitrogens with two attached hydrogens (primary N) is 1. The van der Waals surface area contributed by atoms with Crippen molar-refractivity contribution in [3.63, 3.8) is 0 Å². The van der Waals surface area contributed by atoms with Gasteiger partial charge in [-0.25, -0.2) is 0 Å². The van der Waals surface area contributed by atoms with Gasteiger partial charge >= 0.3 is 0 Å². The predicted octanol–water partition coefficient (Wildman–Crippen LogP) is 3.78. The number of nitrogen functional groups attached to an aromatic ring is 1. The lowest BCUT2D eigenvalue weighted by Gasteiger charge is -2.11. The maximum absolute atomic E-state index is 5.81. The fourth-order valence-electron chi connectivity index (χ4n) is 2.54. The molecule has 0 spiro atoms. The average Bonchev–Trinajstić information content (AvgIpc) is 2.49. The van der Waals surface area contributed by atoms with Gasteiger partial charge in [0.15, 0.2) is 0 Å². The molecule has 0 saturated carbocycles. The van der Waals surface area contributed by atoms with Crippen LogP contribution in [0, 0.1) is 6.92 Å². The van der Waals surface area contributed by atoms with Gasteiger partial charge in [0.1, 0.15) is 0 Å². The number of aryl methyl sites for hydroxylation is 1. The maximum Gasteiger partial charge on any atom is 0.0743 e. The van der Waals surface area contributed by atoms with Crippen LogP contribution in [0.25, 0.3) is 10.9 Å². The first-order chi connectivity index (χ1) is 10.2. The van der Waals surface area contributed by atoms with E-state index in [0.717, 1.165) is 35.2 Å². The molecule has 3 heteroatoms. The molecule has 3 N–H and O–H groups in total. The maximum atomic E-state index is 5.81. The summed E-state index contributed by atoms with van der Waals surface area (Å²) in [6, 6.07) is 16.4. The standard InChI is InChI=1S/C18H19N3/c1-13-4-2-3-5-14(13)8-10-20-17-9-11-21-18-12-15(19)6-7-16(17)18/h2-7,9,11-12H,8,10,19H2,1H3,(H,20,21). The highest BCUT2D eigenvalue weighted by Crippen LogP contribution is 2.23. The van der Waals surface area contributed by atoms with Crippen LogP contribution in [0.3, 0.4) is 0 Å². The summed E-state index contributed by atoms with van der Waals surface area (Å²) in [6.07, 6.45) is 2.82. The van der Waals surface area contributed by atoms with Gasteiger partial charge in [-0.3, -0.25) is 4.98 Å². The van der Waals surface area contributed by atoms with Crippen molar-refractivity contribution < 1.29 is 0 Å². The van der Waals surface area contributed by atoms with Crippen LogP contribution < -0.4 is 11.1 Å². The minimum Gasteiger partial charge on any atom is -0.399 e. The quantitative estimate of drug-likeness (QED) is 0.713. The molecule has 0 aliphatic carbocycles. The molecule has 0 radical (unpaired) electrons. The van der Waals surface area contributed by atoms with Gasteiger partial charge < -0.3 is 11.1 Å². The van der Waals surface area contributed by atoms with E-state index in [1.54, 1.807) is 0 Å². The number of hydrogen-bond donors (Lipinski definition) is 2. The van der Waals surface area contributed by atoms with Gasteiger partial charge in [-0.05, 0) is 48.7 Å². The van der Waals surface area contributed by atoms with E-state index >= 15 is 0 Å². The number of pyridine rings is 1. The average molecular weight is 277 g/mol. The minimum atomic E-state index is 0.743. The molecule has 2 aromatic carbocycles. The Kier molecular flexibility index (Phi) is 3.73. The molecule has 0 atom stereocenters. The summed E-state index contributed by atoms with van der Waals surface area (Å²) in [5, 5.41) is 4.61. The fraction of sp³-hybridized carbons (Fsp3) is 0.167. The summed E-state index contributed by atoms with van der Waals surface area (Å²) in [7, 11) is 0. The smallest absolute Gasteiger partial charge is 0.0743 e. The SMILES string of the molecule is Cc1ccccc1CCNc1ccnc2cc(N)ccc12. The minimum absolute atomic E-state index is 0.743. The van der Waals surface area contributed by atoms with Crippen molar-refractivity contribution in [2.24, 2.45) is 0 Å².